The number of rotatable bonds is 3. The second kappa shape index (κ2) is 5.17. The van der Waals surface area contributed by atoms with E-state index >= 15 is 0 Å². The molecule has 1 aliphatic carbocycles. The number of nitrogens with one attached hydrogen (secondary N) is 1. The SMILES string of the molecule is NC(=O)c1ccc(F)c(NC2CCCCC2)c1. The third-order valence-corrected chi connectivity index (χ3v) is 3.22. The maximum atomic E-state index is 13.6. The largest absolute Gasteiger partial charge is 0.380 e. The lowest BCUT2D eigenvalue weighted by Gasteiger charge is -2.24. The average molecular weight is 236 g/mol. The molecule has 92 valence electrons. The fraction of sp³-hybridized carbons (Fsp3) is 0.462. The van der Waals surface area contributed by atoms with Gasteiger partial charge in [-0.3, -0.25) is 4.79 Å². The minimum absolute atomic E-state index is 0.307. The van der Waals surface area contributed by atoms with Gasteiger partial charge >= 0.3 is 0 Å². The Labute approximate surface area is 100 Å². The molecule has 3 nitrogen and oxygen atoms in total. The molecule has 4 heteroatoms. The highest BCUT2D eigenvalue weighted by molar-refractivity contribution is 5.93. The molecule has 17 heavy (non-hydrogen) atoms. The summed E-state index contributed by atoms with van der Waals surface area (Å²) in [5, 5.41) is 3.16. The van der Waals surface area contributed by atoms with Gasteiger partial charge in [-0.25, -0.2) is 4.39 Å². The second-order valence-corrected chi connectivity index (χ2v) is 4.54. The molecule has 0 aliphatic heterocycles. The van der Waals surface area contributed by atoms with Crippen LogP contribution in [0, 0.1) is 5.82 Å². The Hall–Kier alpha value is -1.58. The highest BCUT2D eigenvalue weighted by atomic mass is 19.1. The standard InChI is InChI=1S/C13H17FN2O/c14-11-7-6-9(13(15)17)8-12(11)16-10-4-2-1-3-5-10/h6-8,10,16H,1-5H2,(H2,15,17). The molecule has 0 unspecified atom stereocenters. The molecule has 0 aromatic heterocycles. The van der Waals surface area contributed by atoms with Crippen molar-refractivity contribution in [3.63, 3.8) is 0 Å². The maximum Gasteiger partial charge on any atom is 0.248 e. The van der Waals surface area contributed by atoms with Crippen LogP contribution in [0.4, 0.5) is 10.1 Å². The van der Waals surface area contributed by atoms with Gasteiger partial charge in [0, 0.05) is 11.6 Å². The van der Waals surface area contributed by atoms with Crippen LogP contribution in [0.5, 0.6) is 0 Å². The lowest BCUT2D eigenvalue weighted by molar-refractivity contribution is 0.100. The highest BCUT2D eigenvalue weighted by Gasteiger charge is 2.15. The zero-order chi connectivity index (χ0) is 12.3. The van der Waals surface area contributed by atoms with Crippen molar-refractivity contribution in [1.29, 1.82) is 0 Å². The summed E-state index contributed by atoms with van der Waals surface area (Å²) in [4.78, 5) is 11.0. The van der Waals surface area contributed by atoms with Gasteiger partial charge in [-0.15, -0.1) is 0 Å². The first-order chi connectivity index (χ1) is 8.16. The van der Waals surface area contributed by atoms with E-state index in [2.05, 4.69) is 5.32 Å². The zero-order valence-corrected chi connectivity index (χ0v) is 9.71. The number of anilines is 1. The topological polar surface area (TPSA) is 55.1 Å². The zero-order valence-electron chi connectivity index (χ0n) is 9.71. The molecule has 1 fully saturated rings. The summed E-state index contributed by atoms with van der Waals surface area (Å²) in [6.45, 7) is 0. The molecule has 0 spiro atoms. The number of halogens is 1. The van der Waals surface area contributed by atoms with E-state index in [0.29, 0.717) is 17.3 Å². The van der Waals surface area contributed by atoms with Crippen LogP contribution < -0.4 is 11.1 Å². The fourth-order valence-electron chi connectivity index (χ4n) is 2.26. The van der Waals surface area contributed by atoms with Gasteiger partial charge in [-0.2, -0.15) is 0 Å². The Morgan fingerprint density at radius 2 is 2.00 bits per heavy atom. The van der Waals surface area contributed by atoms with Crippen LogP contribution in [-0.2, 0) is 0 Å². The Balaban J connectivity index is 2.13. The molecule has 1 saturated carbocycles. The molecule has 0 saturated heterocycles. The molecule has 0 heterocycles. The van der Waals surface area contributed by atoms with Crippen molar-refractivity contribution in [1.82, 2.24) is 0 Å². The van der Waals surface area contributed by atoms with E-state index in [1.54, 1.807) is 0 Å². The lowest BCUT2D eigenvalue weighted by atomic mass is 9.95. The molecule has 2 rings (SSSR count). The number of benzene rings is 1. The number of carbonyl (C=O) groups is 1. The molecule has 0 radical (unpaired) electrons. The van der Waals surface area contributed by atoms with Crippen molar-refractivity contribution in [2.45, 2.75) is 38.1 Å². The molecule has 0 bridgehead atoms. The first kappa shape index (κ1) is 11.9. The number of amides is 1. The van der Waals surface area contributed by atoms with Crippen molar-refractivity contribution in [3.8, 4) is 0 Å². The van der Waals surface area contributed by atoms with Crippen molar-refractivity contribution < 1.29 is 9.18 Å². The van der Waals surface area contributed by atoms with Crippen LogP contribution in [0.15, 0.2) is 18.2 Å². The van der Waals surface area contributed by atoms with E-state index in [4.69, 9.17) is 5.73 Å². The van der Waals surface area contributed by atoms with Gasteiger partial charge in [0.2, 0.25) is 5.91 Å². The summed E-state index contributed by atoms with van der Waals surface area (Å²) in [5.74, 6) is -0.864. The van der Waals surface area contributed by atoms with Gasteiger partial charge < -0.3 is 11.1 Å². The predicted molar refractivity (Wildman–Crippen MR) is 65.4 cm³/mol. The maximum absolute atomic E-state index is 13.6. The van der Waals surface area contributed by atoms with Crippen LogP contribution in [0.25, 0.3) is 0 Å². The summed E-state index contributed by atoms with van der Waals surface area (Å²) in [7, 11) is 0. The molecule has 3 N–H and O–H groups in total. The number of carbonyl (C=O) groups excluding carboxylic acids is 1. The number of nitrogens with two attached hydrogens (primary N) is 1. The Morgan fingerprint density at radius 3 is 2.65 bits per heavy atom. The number of hydrogen-bond acceptors (Lipinski definition) is 2. The van der Waals surface area contributed by atoms with Crippen molar-refractivity contribution >= 4 is 11.6 Å². The van der Waals surface area contributed by atoms with E-state index in [0.717, 1.165) is 12.8 Å². The highest BCUT2D eigenvalue weighted by Crippen LogP contribution is 2.23. The first-order valence-electron chi connectivity index (χ1n) is 6.02. The third kappa shape index (κ3) is 2.96. The molecular weight excluding hydrogens is 219 g/mol. The van der Waals surface area contributed by atoms with Crippen LogP contribution in [-0.4, -0.2) is 11.9 Å². The first-order valence-corrected chi connectivity index (χ1v) is 6.02. The van der Waals surface area contributed by atoms with Crippen LogP contribution in [0.3, 0.4) is 0 Å². The molecular formula is C13H17FN2O. The Morgan fingerprint density at radius 1 is 1.29 bits per heavy atom. The van der Waals surface area contributed by atoms with Crippen LogP contribution in [0.1, 0.15) is 42.5 Å². The average Bonchev–Trinajstić information content (AvgIpc) is 2.33. The lowest BCUT2D eigenvalue weighted by Crippen LogP contribution is -2.23. The predicted octanol–water partition coefficient (Wildman–Crippen LogP) is 2.67. The van der Waals surface area contributed by atoms with E-state index in [1.807, 2.05) is 0 Å². The van der Waals surface area contributed by atoms with E-state index in [9.17, 15) is 9.18 Å². The Bertz CT molecular complexity index is 414. The van der Waals surface area contributed by atoms with Gasteiger partial charge in [-0.05, 0) is 31.0 Å². The fourth-order valence-corrected chi connectivity index (χ4v) is 2.26. The summed E-state index contributed by atoms with van der Waals surface area (Å²) < 4.78 is 13.6. The van der Waals surface area contributed by atoms with E-state index in [-0.39, 0.29) is 5.82 Å². The summed E-state index contributed by atoms with van der Waals surface area (Å²) >= 11 is 0. The number of hydrogen-bond donors (Lipinski definition) is 2. The van der Waals surface area contributed by atoms with E-state index < -0.39 is 5.91 Å². The second-order valence-electron chi connectivity index (χ2n) is 4.54. The normalized spacial score (nSPS) is 16.8. The molecule has 0 atom stereocenters. The van der Waals surface area contributed by atoms with Gasteiger partial charge in [0.1, 0.15) is 5.82 Å². The summed E-state index contributed by atoms with van der Waals surface area (Å²) in [6.07, 6.45) is 5.71. The molecule has 1 aromatic carbocycles. The van der Waals surface area contributed by atoms with Gasteiger partial charge in [-0.1, -0.05) is 19.3 Å². The summed E-state index contributed by atoms with van der Waals surface area (Å²) in [6, 6.07) is 4.49. The van der Waals surface area contributed by atoms with Crippen LogP contribution in [0.2, 0.25) is 0 Å². The monoisotopic (exact) mass is 236 g/mol. The third-order valence-electron chi connectivity index (χ3n) is 3.22. The summed E-state index contributed by atoms with van der Waals surface area (Å²) in [5.41, 5.74) is 5.90. The molecule has 1 amide bonds. The smallest absolute Gasteiger partial charge is 0.248 e. The minimum atomic E-state index is -0.531. The van der Waals surface area contributed by atoms with Gasteiger partial charge in [0.15, 0.2) is 0 Å². The van der Waals surface area contributed by atoms with E-state index in [1.165, 1.54) is 37.5 Å². The number of primary amides is 1. The molecule has 1 aliphatic rings. The van der Waals surface area contributed by atoms with Crippen molar-refractivity contribution in [3.05, 3.63) is 29.6 Å². The quantitative estimate of drug-likeness (QED) is 0.847. The van der Waals surface area contributed by atoms with Gasteiger partial charge in [0.25, 0.3) is 0 Å². The van der Waals surface area contributed by atoms with Crippen molar-refractivity contribution in [2.75, 3.05) is 5.32 Å². The van der Waals surface area contributed by atoms with Crippen molar-refractivity contribution in [2.24, 2.45) is 5.73 Å². The van der Waals surface area contributed by atoms with Crippen LogP contribution >= 0.6 is 0 Å². The molecule has 1 aromatic rings. The van der Waals surface area contributed by atoms with Gasteiger partial charge in [0.05, 0.1) is 5.69 Å². The Kier molecular flexibility index (Phi) is 3.61. The minimum Gasteiger partial charge on any atom is -0.380 e.